The van der Waals surface area contributed by atoms with Crippen LogP contribution in [0.3, 0.4) is 0 Å². The second-order valence-corrected chi connectivity index (χ2v) is 6.23. The maximum Gasteiger partial charge on any atom is 0.257 e. The van der Waals surface area contributed by atoms with Crippen molar-refractivity contribution in [1.82, 2.24) is 20.8 Å². The molecular formula is C17H23ClF2N4O2. The summed E-state index contributed by atoms with van der Waals surface area (Å²) in [6.07, 6.45) is 0.556. The van der Waals surface area contributed by atoms with Crippen molar-refractivity contribution in [2.45, 2.75) is 39.3 Å². The van der Waals surface area contributed by atoms with Gasteiger partial charge in [0, 0.05) is 12.5 Å². The summed E-state index contributed by atoms with van der Waals surface area (Å²) in [7, 11) is 1.83. The van der Waals surface area contributed by atoms with Crippen LogP contribution in [0, 0.1) is 17.6 Å². The van der Waals surface area contributed by atoms with E-state index in [2.05, 4.69) is 20.8 Å². The number of benzene rings is 1. The van der Waals surface area contributed by atoms with E-state index in [-0.39, 0.29) is 30.3 Å². The van der Waals surface area contributed by atoms with Gasteiger partial charge in [0.15, 0.2) is 5.82 Å². The van der Waals surface area contributed by atoms with E-state index in [0.717, 1.165) is 12.1 Å². The molecule has 0 bridgehead atoms. The predicted molar refractivity (Wildman–Crippen MR) is 95.2 cm³/mol. The molecule has 1 aromatic heterocycles. The number of nitrogens with one attached hydrogen (secondary N) is 2. The third kappa shape index (κ3) is 5.22. The van der Waals surface area contributed by atoms with E-state index >= 15 is 0 Å². The molecule has 1 unspecified atom stereocenters. The van der Waals surface area contributed by atoms with E-state index in [0.29, 0.717) is 12.2 Å². The van der Waals surface area contributed by atoms with Crippen LogP contribution in [0.2, 0.25) is 0 Å². The summed E-state index contributed by atoms with van der Waals surface area (Å²) >= 11 is 0. The van der Waals surface area contributed by atoms with Gasteiger partial charge in [-0.3, -0.25) is 4.79 Å². The number of likely N-dealkylation sites (N-methyl/N-ethyl adjacent to an activating group) is 1. The van der Waals surface area contributed by atoms with Crippen molar-refractivity contribution in [2.75, 3.05) is 7.05 Å². The summed E-state index contributed by atoms with van der Waals surface area (Å²) in [5.74, 6) is -2.12. The fourth-order valence-electron chi connectivity index (χ4n) is 2.29. The highest BCUT2D eigenvalue weighted by atomic mass is 35.5. The minimum Gasteiger partial charge on any atom is -0.340 e. The van der Waals surface area contributed by atoms with Crippen LogP contribution < -0.4 is 10.6 Å². The van der Waals surface area contributed by atoms with Gasteiger partial charge in [-0.2, -0.15) is 4.98 Å². The Hall–Kier alpha value is -2.06. The number of hydrogen-bond donors (Lipinski definition) is 2. The zero-order chi connectivity index (χ0) is 18.6. The summed E-state index contributed by atoms with van der Waals surface area (Å²) in [6, 6.07) is 2.77. The van der Waals surface area contributed by atoms with Crippen molar-refractivity contribution < 1.29 is 18.1 Å². The highest BCUT2D eigenvalue weighted by Gasteiger charge is 2.27. The standard InChI is InChI=1S/C17H22F2N4O2.ClH/c1-9(2)15(17-21-13(23-25-17)8-10(3)20-4)22-16(24)14-11(18)6-5-7-12(14)19;/h5-7,9-10,15,20H,8H2,1-4H3,(H,22,24);1H/t10?,15-;/m0./s1. The van der Waals surface area contributed by atoms with Crippen LogP contribution in [0.15, 0.2) is 22.7 Å². The van der Waals surface area contributed by atoms with Gasteiger partial charge >= 0.3 is 0 Å². The van der Waals surface area contributed by atoms with E-state index in [1.165, 1.54) is 6.07 Å². The van der Waals surface area contributed by atoms with Crippen LogP contribution in [0.5, 0.6) is 0 Å². The monoisotopic (exact) mass is 388 g/mol. The van der Waals surface area contributed by atoms with Gasteiger partial charge in [-0.15, -0.1) is 12.4 Å². The summed E-state index contributed by atoms with van der Waals surface area (Å²) in [6.45, 7) is 5.64. The lowest BCUT2D eigenvalue weighted by Crippen LogP contribution is -2.33. The van der Waals surface area contributed by atoms with Crippen LogP contribution >= 0.6 is 12.4 Å². The van der Waals surface area contributed by atoms with E-state index in [9.17, 15) is 13.6 Å². The van der Waals surface area contributed by atoms with Crippen molar-refractivity contribution >= 4 is 18.3 Å². The maximum atomic E-state index is 13.8. The fourth-order valence-corrected chi connectivity index (χ4v) is 2.29. The van der Waals surface area contributed by atoms with E-state index < -0.39 is 29.1 Å². The molecule has 0 aliphatic rings. The Morgan fingerprint density at radius 2 is 1.85 bits per heavy atom. The Morgan fingerprint density at radius 3 is 2.38 bits per heavy atom. The Labute approximate surface area is 157 Å². The number of nitrogens with zero attached hydrogens (tertiary/aromatic N) is 2. The number of carbonyl (C=O) groups excluding carboxylic acids is 1. The molecular weight excluding hydrogens is 366 g/mol. The first-order chi connectivity index (χ1) is 11.8. The summed E-state index contributed by atoms with van der Waals surface area (Å²) in [4.78, 5) is 16.6. The lowest BCUT2D eigenvalue weighted by atomic mass is 10.0. The van der Waals surface area contributed by atoms with E-state index in [4.69, 9.17) is 4.52 Å². The third-order valence-corrected chi connectivity index (χ3v) is 3.87. The molecule has 26 heavy (non-hydrogen) atoms. The molecule has 1 amide bonds. The zero-order valence-electron chi connectivity index (χ0n) is 15.0. The van der Waals surface area contributed by atoms with Gasteiger partial charge in [0.2, 0.25) is 5.89 Å². The maximum absolute atomic E-state index is 13.8. The number of aromatic nitrogens is 2. The third-order valence-electron chi connectivity index (χ3n) is 3.87. The fraction of sp³-hybridized carbons (Fsp3) is 0.471. The average molecular weight is 389 g/mol. The largest absolute Gasteiger partial charge is 0.340 e. The topological polar surface area (TPSA) is 80.0 Å². The highest BCUT2D eigenvalue weighted by molar-refractivity contribution is 5.94. The summed E-state index contributed by atoms with van der Waals surface area (Å²) in [5, 5.41) is 9.54. The Bertz CT molecular complexity index is 719. The molecule has 9 heteroatoms. The molecule has 0 radical (unpaired) electrons. The lowest BCUT2D eigenvalue weighted by molar-refractivity contribution is 0.0905. The Morgan fingerprint density at radius 1 is 1.23 bits per heavy atom. The SMILES string of the molecule is CNC(C)Cc1noc([C@@H](NC(=O)c2c(F)cccc2F)C(C)C)n1.Cl. The molecule has 0 fully saturated rings. The first-order valence-corrected chi connectivity index (χ1v) is 8.08. The van der Waals surface area contributed by atoms with Gasteiger partial charge in [0.25, 0.3) is 5.91 Å². The molecule has 2 atom stereocenters. The van der Waals surface area contributed by atoms with Crippen LogP contribution in [-0.4, -0.2) is 29.1 Å². The normalized spacial score (nSPS) is 13.2. The lowest BCUT2D eigenvalue weighted by Gasteiger charge is -2.19. The number of carbonyl (C=O) groups is 1. The first kappa shape index (κ1) is 22.0. The molecule has 0 aliphatic carbocycles. The van der Waals surface area contributed by atoms with Crippen molar-refractivity contribution in [3.8, 4) is 0 Å². The van der Waals surface area contributed by atoms with Crippen LogP contribution in [0.25, 0.3) is 0 Å². The van der Waals surface area contributed by atoms with Gasteiger partial charge in [-0.05, 0) is 32.0 Å². The van der Waals surface area contributed by atoms with Crippen molar-refractivity contribution in [3.05, 3.63) is 47.1 Å². The minimum atomic E-state index is -0.922. The smallest absolute Gasteiger partial charge is 0.257 e. The molecule has 6 nitrogen and oxygen atoms in total. The predicted octanol–water partition coefficient (Wildman–Crippen LogP) is 3.05. The molecule has 0 saturated carbocycles. The number of hydrogen-bond acceptors (Lipinski definition) is 5. The first-order valence-electron chi connectivity index (χ1n) is 8.08. The molecule has 144 valence electrons. The van der Waals surface area contributed by atoms with E-state index in [1.807, 2.05) is 27.8 Å². The zero-order valence-corrected chi connectivity index (χ0v) is 15.9. The average Bonchev–Trinajstić information content (AvgIpc) is 3.00. The quantitative estimate of drug-likeness (QED) is 0.762. The van der Waals surface area contributed by atoms with Gasteiger partial charge < -0.3 is 15.2 Å². The molecule has 1 heterocycles. The molecule has 0 saturated heterocycles. The van der Waals surface area contributed by atoms with Gasteiger partial charge in [-0.25, -0.2) is 8.78 Å². The Kier molecular flexibility index (Phi) is 8.10. The second-order valence-electron chi connectivity index (χ2n) is 6.23. The number of amides is 1. The molecule has 2 aromatic rings. The summed E-state index contributed by atoms with van der Waals surface area (Å²) in [5.41, 5.74) is -0.628. The summed E-state index contributed by atoms with van der Waals surface area (Å²) < 4.78 is 32.8. The van der Waals surface area contributed by atoms with E-state index in [1.54, 1.807) is 0 Å². The van der Waals surface area contributed by atoms with Gasteiger partial charge in [0.1, 0.15) is 23.2 Å². The van der Waals surface area contributed by atoms with Crippen LogP contribution in [-0.2, 0) is 6.42 Å². The molecule has 0 aliphatic heterocycles. The van der Waals surface area contributed by atoms with Gasteiger partial charge in [-0.1, -0.05) is 25.1 Å². The van der Waals surface area contributed by atoms with Gasteiger partial charge in [0.05, 0.1) is 0 Å². The second kappa shape index (κ2) is 9.59. The molecule has 2 rings (SSSR count). The Balaban J connectivity index is 0.00000338. The minimum absolute atomic E-state index is 0. The van der Waals surface area contributed by atoms with Crippen LogP contribution in [0.1, 0.15) is 48.9 Å². The number of halogens is 3. The highest BCUT2D eigenvalue weighted by Crippen LogP contribution is 2.22. The number of rotatable bonds is 7. The van der Waals surface area contributed by atoms with Crippen molar-refractivity contribution in [3.63, 3.8) is 0 Å². The van der Waals surface area contributed by atoms with Crippen molar-refractivity contribution in [2.24, 2.45) is 5.92 Å². The van der Waals surface area contributed by atoms with Crippen LogP contribution in [0.4, 0.5) is 8.78 Å². The van der Waals surface area contributed by atoms with Crippen molar-refractivity contribution in [1.29, 1.82) is 0 Å². The molecule has 1 aromatic carbocycles. The molecule has 2 N–H and O–H groups in total. The molecule has 0 spiro atoms.